The largest absolute Gasteiger partial charge is 0.261 e. The lowest BCUT2D eigenvalue weighted by Gasteiger charge is -2.12. The standard InChI is InChI=1S/C18H20FN/c1-4-5-6-18(15-8-7-14(3)20-12-15)17-10-9-16(19)11-13(17)2/h6-12H,4-5H2,1-3H3. The molecule has 20 heavy (non-hydrogen) atoms. The molecular weight excluding hydrogens is 249 g/mol. The summed E-state index contributed by atoms with van der Waals surface area (Å²) < 4.78 is 13.3. The third-order valence-electron chi connectivity index (χ3n) is 3.34. The summed E-state index contributed by atoms with van der Waals surface area (Å²) in [5.41, 5.74) is 5.24. The Bertz CT molecular complexity index is 612. The fraction of sp³-hybridized carbons (Fsp3) is 0.278. The van der Waals surface area contributed by atoms with Crippen LogP contribution >= 0.6 is 0 Å². The van der Waals surface area contributed by atoms with Gasteiger partial charge in [0.15, 0.2) is 0 Å². The number of unbranched alkanes of at least 4 members (excludes halogenated alkanes) is 1. The summed E-state index contributed by atoms with van der Waals surface area (Å²) >= 11 is 0. The van der Waals surface area contributed by atoms with Crippen LogP contribution < -0.4 is 0 Å². The molecule has 0 bridgehead atoms. The van der Waals surface area contributed by atoms with Crippen LogP contribution in [0, 0.1) is 19.7 Å². The molecule has 2 heteroatoms. The Labute approximate surface area is 120 Å². The maximum Gasteiger partial charge on any atom is 0.123 e. The molecule has 0 saturated carbocycles. The van der Waals surface area contributed by atoms with Gasteiger partial charge in [-0.05, 0) is 55.2 Å². The van der Waals surface area contributed by atoms with Crippen molar-refractivity contribution < 1.29 is 4.39 Å². The Kier molecular flexibility index (Phi) is 4.67. The van der Waals surface area contributed by atoms with E-state index in [0.29, 0.717) is 0 Å². The molecule has 1 aromatic carbocycles. The number of halogens is 1. The van der Waals surface area contributed by atoms with Crippen molar-refractivity contribution in [2.75, 3.05) is 0 Å². The molecule has 0 aliphatic heterocycles. The molecule has 0 saturated heterocycles. The van der Waals surface area contributed by atoms with E-state index >= 15 is 0 Å². The zero-order valence-corrected chi connectivity index (χ0v) is 12.3. The van der Waals surface area contributed by atoms with Crippen molar-refractivity contribution >= 4 is 5.57 Å². The maximum atomic E-state index is 13.3. The van der Waals surface area contributed by atoms with Crippen LogP contribution in [0.25, 0.3) is 5.57 Å². The minimum Gasteiger partial charge on any atom is -0.261 e. The molecule has 1 nitrogen and oxygen atoms in total. The molecule has 0 fully saturated rings. The number of allylic oxidation sites excluding steroid dienone is 1. The molecule has 0 aliphatic carbocycles. The zero-order valence-electron chi connectivity index (χ0n) is 12.3. The molecule has 0 spiro atoms. The van der Waals surface area contributed by atoms with Gasteiger partial charge in [-0.15, -0.1) is 0 Å². The van der Waals surface area contributed by atoms with E-state index in [1.54, 1.807) is 6.07 Å². The van der Waals surface area contributed by atoms with Crippen molar-refractivity contribution in [1.29, 1.82) is 0 Å². The summed E-state index contributed by atoms with van der Waals surface area (Å²) in [4.78, 5) is 4.37. The van der Waals surface area contributed by atoms with E-state index in [9.17, 15) is 4.39 Å². The highest BCUT2D eigenvalue weighted by Gasteiger charge is 2.09. The molecule has 0 amide bonds. The van der Waals surface area contributed by atoms with Crippen LogP contribution in [0.3, 0.4) is 0 Å². The van der Waals surface area contributed by atoms with Gasteiger partial charge in [-0.2, -0.15) is 0 Å². The van der Waals surface area contributed by atoms with Crippen LogP contribution in [0.15, 0.2) is 42.6 Å². The van der Waals surface area contributed by atoms with E-state index in [0.717, 1.165) is 40.8 Å². The Balaban J connectivity index is 2.50. The lowest BCUT2D eigenvalue weighted by Crippen LogP contribution is -1.94. The van der Waals surface area contributed by atoms with Gasteiger partial charge in [0.25, 0.3) is 0 Å². The summed E-state index contributed by atoms with van der Waals surface area (Å²) in [6, 6.07) is 9.03. The first-order valence-electron chi connectivity index (χ1n) is 7.01. The van der Waals surface area contributed by atoms with Crippen LogP contribution in [0.2, 0.25) is 0 Å². The molecule has 0 atom stereocenters. The Hall–Kier alpha value is -1.96. The SMILES string of the molecule is CCCC=C(c1ccc(C)nc1)c1ccc(F)cc1C. The Morgan fingerprint density at radius 1 is 1.20 bits per heavy atom. The maximum absolute atomic E-state index is 13.3. The molecule has 104 valence electrons. The van der Waals surface area contributed by atoms with Gasteiger partial charge in [0.2, 0.25) is 0 Å². The van der Waals surface area contributed by atoms with Crippen LogP contribution in [-0.2, 0) is 0 Å². The van der Waals surface area contributed by atoms with E-state index in [-0.39, 0.29) is 5.82 Å². The fourth-order valence-corrected chi connectivity index (χ4v) is 2.23. The van der Waals surface area contributed by atoms with Crippen LogP contribution in [0.5, 0.6) is 0 Å². The van der Waals surface area contributed by atoms with E-state index in [2.05, 4.69) is 24.1 Å². The van der Waals surface area contributed by atoms with Crippen molar-refractivity contribution in [3.63, 3.8) is 0 Å². The minimum absolute atomic E-state index is 0.192. The van der Waals surface area contributed by atoms with Crippen molar-refractivity contribution in [3.05, 3.63) is 70.8 Å². The van der Waals surface area contributed by atoms with Crippen molar-refractivity contribution in [3.8, 4) is 0 Å². The fourth-order valence-electron chi connectivity index (χ4n) is 2.23. The third-order valence-corrected chi connectivity index (χ3v) is 3.34. The first kappa shape index (κ1) is 14.4. The van der Waals surface area contributed by atoms with Crippen LogP contribution in [0.4, 0.5) is 4.39 Å². The summed E-state index contributed by atoms with van der Waals surface area (Å²) in [6.07, 6.45) is 6.19. The van der Waals surface area contributed by atoms with E-state index in [4.69, 9.17) is 0 Å². The number of hydrogen-bond acceptors (Lipinski definition) is 1. The quantitative estimate of drug-likeness (QED) is 0.755. The summed E-state index contributed by atoms with van der Waals surface area (Å²) in [5.74, 6) is -0.192. The number of hydrogen-bond donors (Lipinski definition) is 0. The van der Waals surface area contributed by atoms with Crippen molar-refractivity contribution in [2.24, 2.45) is 0 Å². The number of nitrogens with zero attached hydrogens (tertiary/aromatic N) is 1. The van der Waals surface area contributed by atoms with Gasteiger partial charge in [-0.25, -0.2) is 4.39 Å². The van der Waals surface area contributed by atoms with E-state index in [1.807, 2.05) is 32.2 Å². The average molecular weight is 269 g/mol. The normalized spacial score (nSPS) is 11.7. The highest BCUT2D eigenvalue weighted by atomic mass is 19.1. The van der Waals surface area contributed by atoms with Gasteiger partial charge in [-0.3, -0.25) is 4.98 Å². The average Bonchev–Trinajstić information content (AvgIpc) is 2.42. The lowest BCUT2D eigenvalue weighted by molar-refractivity contribution is 0.626. The first-order chi connectivity index (χ1) is 9.61. The second-order valence-corrected chi connectivity index (χ2v) is 5.05. The molecular formula is C18H20FN. The Morgan fingerprint density at radius 3 is 2.60 bits per heavy atom. The van der Waals surface area contributed by atoms with E-state index in [1.165, 1.54) is 6.07 Å². The molecule has 0 unspecified atom stereocenters. The second-order valence-electron chi connectivity index (χ2n) is 5.05. The van der Waals surface area contributed by atoms with Gasteiger partial charge in [0.05, 0.1) is 0 Å². The highest BCUT2D eigenvalue weighted by molar-refractivity contribution is 5.81. The van der Waals surface area contributed by atoms with Crippen molar-refractivity contribution in [1.82, 2.24) is 4.98 Å². The van der Waals surface area contributed by atoms with Crippen LogP contribution in [0.1, 0.15) is 42.1 Å². The zero-order chi connectivity index (χ0) is 14.5. The molecule has 2 rings (SSSR count). The topological polar surface area (TPSA) is 12.9 Å². The smallest absolute Gasteiger partial charge is 0.123 e. The predicted molar refractivity (Wildman–Crippen MR) is 82.1 cm³/mol. The first-order valence-corrected chi connectivity index (χ1v) is 7.01. The number of aryl methyl sites for hydroxylation is 2. The number of rotatable bonds is 4. The van der Waals surface area contributed by atoms with E-state index < -0.39 is 0 Å². The number of benzene rings is 1. The summed E-state index contributed by atoms with van der Waals surface area (Å²) in [6.45, 7) is 6.07. The van der Waals surface area contributed by atoms with Gasteiger partial charge in [-0.1, -0.05) is 31.6 Å². The highest BCUT2D eigenvalue weighted by Crippen LogP contribution is 2.27. The van der Waals surface area contributed by atoms with Gasteiger partial charge < -0.3 is 0 Å². The summed E-state index contributed by atoms with van der Waals surface area (Å²) in [5, 5.41) is 0. The van der Waals surface area contributed by atoms with Gasteiger partial charge >= 0.3 is 0 Å². The van der Waals surface area contributed by atoms with Gasteiger partial charge in [0.1, 0.15) is 5.82 Å². The molecule has 2 aromatic rings. The number of aromatic nitrogens is 1. The molecule has 1 aromatic heterocycles. The second kappa shape index (κ2) is 6.47. The lowest BCUT2D eigenvalue weighted by atomic mass is 9.94. The number of pyridine rings is 1. The molecule has 0 N–H and O–H groups in total. The predicted octanol–water partition coefficient (Wildman–Crippen LogP) is 5.07. The molecule has 1 heterocycles. The van der Waals surface area contributed by atoms with Crippen LogP contribution in [-0.4, -0.2) is 4.98 Å². The summed E-state index contributed by atoms with van der Waals surface area (Å²) in [7, 11) is 0. The minimum atomic E-state index is -0.192. The third kappa shape index (κ3) is 3.32. The Morgan fingerprint density at radius 2 is 2.00 bits per heavy atom. The monoisotopic (exact) mass is 269 g/mol. The van der Waals surface area contributed by atoms with Gasteiger partial charge in [0, 0.05) is 17.5 Å². The van der Waals surface area contributed by atoms with Crippen molar-refractivity contribution in [2.45, 2.75) is 33.6 Å². The molecule has 0 radical (unpaired) electrons. The molecule has 0 aliphatic rings.